The Labute approximate surface area is 143 Å². The molecule has 1 heterocycles. The Morgan fingerprint density at radius 3 is 2.32 bits per heavy atom. The average molecular weight is 339 g/mol. The number of hydrogen-bond donors (Lipinski definition) is 1. The first-order valence-electron chi connectivity index (χ1n) is 7.36. The van der Waals surface area contributed by atoms with E-state index in [4.69, 9.17) is 9.47 Å². The lowest BCUT2D eigenvalue weighted by Gasteiger charge is -2.09. The van der Waals surface area contributed by atoms with Crippen LogP contribution in [0.2, 0.25) is 0 Å². The third-order valence-electron chi connectivity index (χ3n) is 3.28. The van der Waals surface area contributed by atoms with Crippen molar-refractivity contribution >= 4 is 11.6 Å². The Hall–Kier alpha value is -3.48. The highest BCUT2D eigenvalue weighted by atomic mass is 19.1. The number of amides is 1. The summed E-state index contributed by atoms with van der Waals surface area (Å²) in [5.41, 5.74) is 0.758. The molecule has 126 valence electrons. The highest BCUT2D eigenvalue weighted by Crippen LogP contribution is 2.22. The van der Waals surface area contributed by atoms with E-state index in [2.05, 4.69) is 15.3 Å². The third kappa shape index (κ3) is 3.89. The van der Waals surface area contributed by atoms with Gasteiger partial charge in [0.1, 0.15) is 5.75 Å². The molecule has 0 aliphatic heterocycles. The first-order chi connectivity index (χ1) is 12.2. The number of hydrogen-bond acceptors (Lipinski definition) is 5. The summed E-state index contributed by atoms with van der Waals surface area (Å²) in [7, 11) is 1.49. The second-order valence-electron chi connectivity index (χ2n) is 4.94. The van der Waals surface area contributed by atoms with Crippen LogP contribution < -0.4 is 14.8 Å². The molecule has 0 bridgehead atoms. The lowest BCUT2D eigenvalue weighted by atomic mass is 10.2. The fourth-order valence-corrected chi connectivity index (χ4v) is 2.09. The van der Waals surface area contributed by atoms with Crippen LogP contribution >= 0.6 is 0 Å². The first kappa shape index (κ1) is 16.4. The van der Waals surface area contributed by atoms with Crippen molar-refractivity contribution in [3.8, 4) is 17.5 Å². The number of ether oxygens (including phenoxy) is 2. The zero-order valence-corrected chi connectivity index (χ0v) is 13.3. The molecule has 3 rings (SSSR count). The Bertz CT molecular complexity index is 885. The number of nitrogens with zero attached hydrogens (tertiary/aromatic N) is 2. The van der Waals surface area contributed by atoms with Crippen molar-refractivity contribution in [3.05, 3.63) is 72.3 Å². The molecule has 0 saturated heterocycles. The van der Waals surface area contributed by atoms with Crippen LogP contribution in [0.3, 0.4) is 0 Å². The van der Waals surface area contributed by atoms with E-state index < -0.39 is 5.82 Å². The summed E-state index contributed by atoms with van der Waals surface area (Å²) in [5, 5.41) is 2.66. The van der Waals surface area contributed by atoms with Gasteiger partial charge in [-0.25, -0.2) is 14.4 Å². The maximum atomic E-state index is 13.5. The van der Waals surface area contributed by atoms with E-state index in [0.717, 1.165) is 0 Å². The van der Waals surface area contributed by atoms with Crippen LogP contribution in [0.15, 0.2) is 60.9 Å². The van der Waals surface area contributed by atoms with Crippen LogP contribution in [0.25, 0.3) is 0 Å². The third-order valence-corrected chi connectivity index (χ3v) is 3.28. The molecular weight excluding hydrogens is 325 g/mol. The Morgan fingerprint density at radius 2 is 1.64 bits per heavy atom. The fourth-order valence-electron chi connectivity index (χ4n) is 2.09. The van der Waals surface area contributed by atoms with Crippen LogP contribution in [0.4, 0.5) is 10.1 Å². The lowest BCUT2D eigenvalue weighted by Crippen LogP contribution is -2.13. The van der Waals surface area contributed by atoms with Gasteiger partial charge in [-0.3, -0.25) is 4.79 Å². The number of carbonyl (C=O) groups is 1. The van der Waals surface area contributed by atoms with Gasteiger partial charge in [0.15, 0.2) is 11.6 Å². The number of nitrogens with one attached hydrogen (secondary N) is 1. The summed E-state index contributed by atoms with van der Waals surface area (Å²) >= 11 is 0. The van der Waals surface area contributed by atoms with Gasteiger partial charge in [0, 0.05) is 0 Å². The molecule has 0 saturated carbocycles. The molecule has 1 amide bonds. The maximum Gasteiger partial charge on any atom is 0.322 e. The molecule has 0 radical (unpaired) electrons. The SMILES string of the molecule is COc1ccccc1C(=O)Nc1cnc(Oc2ccccc2F)nc1. The fraction of sp³-hybridized carbons (Fsp3) is 0.0556. The number of para-hydroxylation sites is 2. The van der Waals surface area contributed by atoms with E-state index in [1.54, 1.807) is 36.4 Å². The van der Waals surface area contributed by atoms with E-state index >= 15 is 0 Å². The second kappa shape index (κ2) is 7.39. The van der Waals surface area contributed by atoms with Gasteiger partial charge >= 0.3 is 6.01 Å². The maximum absolute atomic E-state index is 13.5. The quantitative estimate of drug-likeness (QED) is 0.768. The van der Waals surface area contributed by atoms with Gasteiger partial charge in [-0.1, -0.05) is 24.3 Å². The van der Waals surface area contributed by atoms with Gasteiger partial charge in [-0.05, 0) is 24.3 Å². The predicted octanol–water partition coefficient (Wildman–Crippen LogP) is 3.67. The highest BCUT2D eigenvalue weighted by Gasteiger charge is 2.12. The zero-order valence-electron chi connectivity index (χ0n) is 13.3. The summed E-state index contributed by atoms with van der Waals surface area (Å²) in [5.74, 6) is -0.391. The van der Waals surface area contributed by atoms with Crippen molar-refractivity contribution in [3.63, 3.8) is 0 Å². The Balaban J connectivity index is 1.70. The second-order valence-corrected chi connectivity index (χ2v) is 4.94. The Kier molecular flexibility index (Phi) is 4.84. The monoisotopic (exact) mass is 339 g/mol. The number of carbonyl (C=O) groups excluding carboxylic acids is 1. The minimum Gasteiger partial charge on any atom is -0.496 e. The number of aromatic nitrogens is 2. The average Bonchev–Trinajstić information content (AvgIpc) is 2.65. The summed E-state index contributed by atoms with van der Waals surface area (Å²) in [6.45, 7) is 0. The molecule has 2 aromatic carbocycles. The molecular formula is C18H14FN3O3. The number of halogens is 1. The largest absolute Gasteiger partial charge is 0.496 e. The topological polar surface area (TPSA) is 73.3 Å². The van der Waals surface area contributed by atoms with Gasteiger partial charge in [-0.15, -0.1) is 0 Å². The molecule has 3 aromatic rings. The van der Waals surface area contributed by atoms with Crippen molar-refractivity contribution in [1.29, 1.82) is 0 Å². The van der Waals surface area contributed by atoms with Crippen LogP contribution in [0.1, 0.15) is 10.4 Å². The molecule has 1 aromatic heterocycles. The lowest BCUT2D eigenvalue weighted by molar-refractivity contribution is 0.102. The first-order valence-corrected chi connectivity index (χ1v) is 7.36. The van der Waals surface area contributed by atoms with Gasteiger partial charge in [0.2, 0.25) is 0 Å². The summed E-state index contributed by atoms with van der Waals surface area (Å²) in [6, 6.07) is 12.8. The van der Waals surface area contributed by atoms with E-state index in [1.165, 1.54) is 31.6 Å². The number of benzene rings is 2. The molecule has 25 heavy (non-hydrogen) atoms. The van der Waals surface area contributed by atoms with E-state index in [0.29, 0.717) is 17.0 Å². The van der Waals surface area contributed by atoms with Gasteiger partial charge in [-0.2, -0.15) is 0 Å². The number of anilines is 1. The highest BCUT2D eigenvalue weighted by molar-refractivity contribution is 6.06. The summed E-state index contributed by atoms with van der Waals surface area (Å²) in [4.78, 5) is 20.2. The van der Waals surface area contributed by atoms with Gasteiger partial charge in [0.05, 0.1) is 30.8 Å². The molecule has 7 heteroatoms. The Morgan fingerprint density at radius 1 is 1.00 bits per heavy atom. The minimum absolute atomic E-state index is 0.0216. The van der Waals surface area contributed by atoms with E-state index in [1.807, 2.05) is 0 Å². The molecule has 1 N–H and O–H groups in total. The molecule has 0 aliphatic rings. The van der Waals surface area contributed by atoms with Crippen LogP contribution in [-0.4, -0.2) is 23.0 Å². The van der Waals surface area contributed by atoms with E-state index in [9.17, 15) is 9.18 Å². The van der Waals surface area contributed by atoms with Crippen molar-refractivity contribution in [2.75, 3.05) is 12.4 Å². The molecule has 0 fully saturated rings. The minimum atomic E-state index is -0.514. The predicted molar refractivity (Wildman–Crippen MR) is 89.5 cm³/mol. The van der Waals surface area contributed by atoms with Crippen LogP contribution in [0, 0.1) is 5.82 Å². The molecule has 0 aliphatic carbocycles. The summed E-state index contributed by atoms with van der Waals surface area (Å²) < 4.78 is 23.9. The van der Waals surface area contributed by atoms with Crippen LogP contribution in [-0.2, 0) is 0 Å². The number of methoxy groups -OCH3 is 1. The van der Waals surface area contributed by atoms with Crippen molar-refractivity contribution in [1.82, 2.24) is 9.97 Å². The van der Waals surface area contributed by atoms with E-state index in [-0.39, 0.29) is 17.7 Å². The molecule has 0 atom stereocenters. The smallest absolute Gasteiger partial charge is 0.322 e. The zero-order chi connectivity index (χ0) is 17.6. The van der Waals surface area contributed by atoms with Crippen LogP contribution in [0.5, 0.6) is 17.5 Å². The standard InChI is InChI=1S/C18H14FN3O3/c1-24-15-8-4-2-6-13(15)17(23)22-12-10-20-18(21-11-12)25-16-9-5-3-7-14(16)19/h2-11H,1H3,(H,22,23). The van der Waals surface area contributed by atoms with Crippen molar-refractivity contribution in [2.45, 2.75) is 0 Å². The molecule has 6 nitrogen and oxygen atoms in total. The normalized spacial score (nSPS) is 10.2. The number of rotatable bonds is 5. The van der Waals surface area contributed by atoms with Crippen molar-refractivity contribution in [2.24, 2.45) is 0 Å². The molecule has 0 spiro atoms. The van der Waals surface area contributed by atoms with Gasteiger partial charge in [0.25, 0.3) is 5.91 Å². The van der Waals surface area contributed by atoms with Crippen molar-refractivity contribution < 1.29 is 18.7 Å². The van der Waals surface area contributed by atoms with Gasteiger partial charge < -0.3 is 14.8 Å². The molecule has 0 unspecified atom stereocenters. The summed E-state index contributed by atoms with van der Waals surface area (Å²) in [6.07, 6.45) is 2.74.